The number of aliphatic hydroxyl groups is 5. The lowest BCUT2D eigenvalue weighted by Gasteiger charge is -2.68. The quantitative estimate of drug-likeness (QED) is 0.258. The third-order valence-electron chi connectivity index (χ3n) is 10.2. The van der Waals surface area contributed by atoms with Gasteiger partial charge in [0.15, 0.2) is 11.4 Å². The number of ether oxygens (including phenoxy) is 3. The number of fused-ring (bicyclic) bond motifs is 1. The number of esters is 2. The Morgan fingerprint density at radius 2 is 1.94 bits per heavy atom. The van der Waals surface area contributed by atoms with Gasteiger partial charge in [0.25, 0.3) is 0 Å². The molecule has 2 bridgehead atoms. The van der Waals surface area contributed by atoms with E-state index in [0.717, 1.165) is 5.57 Å². The highest BCUT2D eigenvalue weighted by Gasteiger charge is 2.83. The maximum absolute atomic E-state index is 13.3. The summed E-state index contributed by atoms with van der Waals surface area (Å²) in [5, 5.41) is 55.6. The number of aliphatic hydroxyl groups excluding tert-OH is 3. The maximum atomic E-state index is 13.3. The standard InChI is InChI=1S/C25H36O10/c1-6-22(4,31)21(30)35-16-15-11(3)17(27)25(32)20-23(5)12(10(2)7-13(26)18(23)28)8-14(34-19(16)29)24(15,20)9-33-25/h7,11-18,20,26-28,31-32H,6,8-9H2,1-5H3/t11?,12?,13-,14?,15?,16?,17+,18+,20?,22?,23+,24?,25+/m0/s1. The molecule has 1 spiro atoms. The third kappa shape index (κ3) is 2.86. The van der Waals surface area contributed by atoms with Crippen LogP contribution >= 0.6 is 0 Å². The number of allylic oxidation sites excluding steroid dienone is 1. The molecule has 2 aliphatic heterocycles. The van der Waals surface area contributed by atoms with Gasteiger partial charge in [-0.05, 0) is 38.5 Å². The van der Waals surface area contributed by atoms with Crippen LogP contribution in [0.15, 0.2) is 11.6 Å². The Morgan fingerprint density at radius 1 is 1.29 bits per heavy atom. The predicted molar refractivity (Wildman–Crippen MR) is 118 cm³/mol. The Morgan fingerprint density at radius 3 is 2.57 bits per heavy atom. The first-order chi connectivity index (χ1) is 16.2. The van der Waals surface area contributed by atoms with Gasteiger partial charge in [-0.2, -0.15) is 0 Å². The van der Waals surface area contributed by atoms with E-state index in [4.69, 9.17) is 14.2 Å². The van der Waals surface area contributed by atoms with Gasteiger partial charge in [-0.3, -0.25) is 0 Å². The minimum Gasteiger partial charge on any atom is -0.459 e. The lowest BCUT2D eigenvalue weighted by molar-refractivity contribution is -0.345. The molecule has 0 aromatic carbocycles. The summed E-state index contributed by atoms with van der Waals surface area (Å²) in [5.41, 5.74) is -3.29. The Bertz CT molecular complexity index is 977. The lowest BCUT2D eigenvalue weighted by atomic mass is 9.38. The van der Waals surface area contributed by atoms with Gasteiger partial charge in [-0.1, -0.05) is 32.4 Å². The highest BCUT2D eigenvalue weighted by Crippen LogP contribution is 2.74. The zero-order valence-electron chi connectivity index (χ0n) is 20.7. The van der Waals surface area contributed by atoms with Crippen LogP contribution in [0.25, 0.3) is 0 Å². The van der Waals surface area contributed by atoms with Crippen molar-refractivity contribution in [3.63, 3.8) is 0 Å². The van der Waals surface area contributed by atoms with Crippen molar-refractivity contribution in [1.82, 2.24) is 0 Å². The number of hydrogen-bond donors (Lipinski definition) is 5. The topological polar surface area (TPSA) is 163 Å². The summed E-state index contributed by atoms with van der Waals surface area (Å²) in [6, 6.07) is 0. The normalized spacial score (nSPS) is 54.1. The first kappa shape index (κ1) is 25.1. The number of carbonyl (C=O) groups is 2. The molecule has 196 valence electrons. The highest BCUT2D eigenvalue weighted by atomic mass is 16.7. The molecule has 4 fully saturated rings. The lowest BCUT2D eigenvalue weighted by Crippen LogP contribution is -2.78. The molecule has 2 saturated carbocycles. The van der Waals surface area contributed by atoms with Crippen LogP contribution in [0.2, 0.25) is 0 Å². The average molecular weight is 497 g/mol. The molecule has 0 radical (unpaired) electrons. The smallest absolute Gasteiger partial charge is 0.348 e. The molecule has 5 N–H and O–H groups in total. The van der Waals surface area contributed by atoms with Gasteiger partial charge in [0.1, 0.15) is 12.2 Å². The summed E-state index contributed by atoms with van der Waals surface area (Å²) in [7, 11) is 0. The monoisotopic (exact) mass is 496 g/mol. The summed E-state index contributed by atoms with van der Waals surface area (Å²) in [6.45, 7) is 8.06. The fourth-order valence-corrected chi connectivity index (χ4v) is 8.28. The van der Waals surface area contributed by atoms with E-state index in [1.165, 1.54) is 6.92 Å². The van der Waals surface area contributed by atoms with Gasteiger partial charge < -0.3 is 39.7 Å². The molecule has 0 aromatic heterocycles. The van der Waals surface area contributed by atoms with E-state index < -0.39 is 82.4 Å². The van der Waals surface area contributed by atoms with Crippen molar-refractivity contribution in [1.29, 1.82) is 0 Å². The average Bonchev–Trinajstić information content (AvgIpc) is 3.08. The van der Waals surface area contributed by atoms with Crippen molar-refractivity contribution >= 4 is 11.9 Å². The zero-order valence-corrected chi connectivity index (χ0v) is 20.7. The van der Waals surface area contributed by atoms with E-state index in [2.05, 4.69) is 0 Å². The second-order valence-electron chi connectivity index (χ2n) is 11.8. The van der Waals surface area contributed by atoms with E-state index in [0.29, 0.717) is 6.42 Å². The van der Waals surface area contributed by atoms with Crippen LogP contribution in [0.3, 0.4) is 0 Å². The number of carbonyl (C=O) groups excluding carboxylic acids is 2. The van der Waals surface area contributed by atoms with Crippen molar-refractivity contribution in [3.8, 4) is 0 Å². The molecule has 5 aliphatic rings. The number of rotatable bonds is 3. The van der Waals surface area contributed by atoms with Crippen LogP contribution in [-0.2, 0) is 23.8 Å². The largest absolute Gasteiger partial charge is 0.459 e. The van der Waals surface area contributed by atoms with Crippen molar-refractivity contribution < 1.29 is 49.3 Å². The molecule has 13 atom stereocenters. The summed E-state index contributed by atoms with van der Waals surface area (Å²) in [4.78, 5) is 26.1. The van der Waals surface area contributed by atoms with Gasteiger partial charge in [0.2, 0.25) is 6.10 Å². The molecule has 0 aromatic rings. The Balaban J connectivity index is 1.68. The molecule has 0 amide bonds. The number of hydrogen-bond acceptors (Lipinski definition) is 10. The minimum atomic E-state index is -2.08. The van der Waals surface area contributed by atoms with Crippen molar-refractivity contribution in [2.45, 2.75) is 89.4 Å². The van der Waals surface area contributed by atoms with Gasteiger partial charge in [-0.15, -0.1) is 0 Å². The summed E-state index contributed by atoms with van der Waals surface area (Å²) in [6.07, 6.45) is -4.18. The molecular weight excluding hydrogens is 460 g/mol. The van der Waals surface area contributed by atoms with E-state index in [9.17, 15) is 35.1 Å². The van der Waals surface area contributed by atoms with Crippen LogP contribution in [0.4, 0.5) is 0 Å². The van der Waals surface area contributed by atoms with Crippen molar-refractivity contribution in [2.24, 2.45) is 34.5 Å². The summed E-state index contributed by atoms with van der Waals surface area (Å²) >= 11 is 0. The van der Waals surface area contributed by atoms with E-state index in [1.54, 1.807) is 26.8 Å². The first-order valence-electron chi connectivity index (χ1n) is 12.4. The van der Waals surface area contributed by atoms with Crippen LogP contribution in [0.1, 0.15) is 47.5 Å². The maximum Gasteiger partial charge on any atom is 0.348 e. The van der Waals surface area contributed by atoms with Crippen molar-refractivity contribution in [2.75, 3.05) is 6.61 Å². The van der Waals surface area contributed by atoms with Crippen LogP contribution < -0.4 is 0 Å². The summed E-state index contributed by atoms with van der Waals surface area (Å²) < 4.78 is 17.4. The molecule has 5 rings (SSSR count). The second kappa shape index (κ2) is 7.49. The van der Waals surface area contributed by atoms with E-state index in [1.807, 2.05) is 6.92 Å². The van der Waals surface area contributed by atoms with Gasteiger partial charge in [0.05, 0.1) is 18.8 Å². The third-order valence-corrected chi connectivity index (χ3v) is 10.2. The van der Waals surface area contributed by atoms with E-state index >= 15 is 0 Å². The van der Waals surface area contributed by atoms with Gasteiger partial charge in [-0.25, -0.2) is 9.59 Å². The molecule has 2 saturated heterocycles. The minimum absolute atomic E-state index is 0.0607. The molecule has 2 heterocycles. The first-order valence-corrected chi connectivity index (χ1v) is 12.4. The fraction of sp³-hybridized carbons (Fsp3) is 0.840. The predicted octanol–water partition coefficient (Wildman–Crippen LogP) is -0.359. The van der Waals surface area contributed by atoms with Crippen LogP contribution in [0, 0.1) is 34.5 Å². The summed E-state index contributed by atoms with van der Waals surface area (Å²) in [5.74, 6) is -6.72. The van der Waals surface area contributed by atoms with Crippen LogP contribution in [-0.4, -0.2) is 86.0 Å². The molecular formula is C25H36O10. The molecule has 8 unspecified atom stereocenters. The van der Waals surface area contributed by atoms with Gasteiger partial charge in [0, 0.05) is 22.7 Å². The fourth-order valence-electron chi connectivity index (χ4n) is 8.28. The Kier molecular flexibility index (Phi) is 5.37. The van der Waals surface area contributed by atoms with Crippen molar-refractivity contribution in [3.05, 3.63) is 11.6 Å². The molecule has 3 aliphatic carbocycles. The second-order valence-corrected chi connectivity index (χ2v) is 11.8. The molecule has 35 heavy (non-hydrogen) atoms. The zero-order chi connectivity index (χ0) is 25.9. The van der Waals surface area contributed by atoms with E-state index in [-0.39, 0.29) is 18.9 Å². The molecule has 10 nitrogen and oxygen atoms in total. The molecule has 10 heteroatoms. The van der Waals surface area contributed by atoms with Gasteiger partial charge >= 0.3 is 11.9 Å². The Hall–Kier alpha value is -1.56. The van der Waals surface area contributed by atoms with Crippen LogP contribution in [0.5, 0.6) is 0 Å². The Labute approximate surface area is 203 Å². The highest BCUT2D eigenvalue weighted by molar-refractivity contribution is 5.84. The SMILES string of the molecule is CCC(C)(O)C(=O)OC1C(=O)OC2CC3C(C)=C[C@H](O)[C@@H](O)[C@]3(C)C3C24CO[C@]3(O)[C@H](O)C(C)C14.